The van der Waals surface area contributed by atoms with Gasteiger partial charge >= 0.3 is 0 Å². The molecule has 1 amide bonds. The van der Waals surface area contributed by atoms with Gasteiger partial charge in [-0.15, -0.1) is 0 Å². The predicted molar refractivity (Wildman–Crippen MR) is 122 cm³/mol. The zero-order valence-electron chi connectivity index (χ0n) is 18.1. The van der Waals surface area contributed by atoms with Crippen molar-refractivity contribution in [2.24, 2.45) is 0 Å². The summed E-state index contributed by atoms with van der Waals surface area (Å²) in [7, 11) is 1.65. The van der Waals surface area contributed by atoms with Gasteiger partial charge in [-0.3, -0.25) is 4.79 Å². The fourth-order valence-electron chi connectivity index (χ4n) is 4.27. The van der Waals surface area contributed by atoms with Crippen molar-refractivity contribution in [2.75, 3.05) is 20.3 Å². The van der Waals surface area contributed by atoms with Crippen LogP contribution in [0.5, 0.6) is 5.75 Å². The molecule has 0 spiro atoms. The molecule has 0 bridgehead atoms. The van der Waals surface area contributed by atoms with E-state index in [-0.39, 0.29) is 24.0 Å². The molecule has 4 nitrogen and oxygen atoms in total. The van der Waals surface area contributed by atoms with Gasteiger partial charge in [0.1, 0.15) is 11.9 Å². The Hall–Kier alpha value is -3.11. The van der Waals surface area contributed by atoms with Crippen LogP contribution in [0.1, 0.15) is 42.1 Å². The van der Waals surface area contributed by atoms with Crippen LogP contribution in [0.3, 0.4) is 0 Å². The molecule has 1 fully saturated rings. The zero-order valence-corrected chi connectivity index (χ0v) is 18.1. The largest absolute Gasteiger partial charge is 0.497 e. The Bertz CT molecular complexity index is 950. The fourth-order valence-corrected chi connectivity index (χ4v) is 4.27. The van der Waals surface area contributed by atoms with E-state index >= 15 is 0 Å². The highest BCUT2D eigenvalue weighted by Gasteiger charge is 2.35. The second-order valence-electron chi connectivity index (χ2n) is 8.03. The summed E-state index contributed by atoms with van der Waals surface area (Å²) in [5.74, 6) is 0.839. The Morgan fingerprint density at radius 2 is 1.58 bits per heavy atom. The van der Waals surface area contributed by atoms with E-state index in [9.17, 15) is 4.79 Å². The number of benzene rings is 3. The number of hydrogen-bond donors (Lipinski definition) is 0. The molecule has 0 saturated carbocycles. The van der Waals surface area contributed by atoms with Gasteiger partial charge in [0.25, 0.3) is 0 Å². The molecule has 160 valence electrons. The van der Waals surface area contributed by atoms with E-state index in [0.29, 0.717) is 6.61 Å². The summed E-state index contributed by atoms with van der Waals surface area (Å²) in [4.78, 5) is 15.1. The summed E-state index contributed by atoms with van der Waals surface area (Å²) in [6, 6.07) is 28.3. The molecule has 0 aliphatic carbocycles. The highest BCUT2D eigenvalue weighted by atomic mass is 16.5. The number of methoxy groups -OCH3 is 1. The van der Waals surface area contributed by atoms with E-state index in [1.807, 2.05) is 65.6 Å². The van der Waals surface area contributed by atoms with Gasteiger partial charge in [-0.25, -0.2) is 0 Å². The first-order valence-corrected chi connectivity index (χ1v) is 10.8. The lowest BCUT2D eigenvalue weighted by atomic mass is 9.97. The van der Waals surface area contributed by atoms with Crippen molar-refractivity contribution in [1.29, 1.82) is 0 Å². The summed E-state index contributed by atoms with van der Waals surface area (Å²) in [6.45, 7) is 3.29. The van der Waals surface area contributed by atoms with Gasteiger partial charge in [-0.1, -0.05) is 72.8 Å². The van der Waals surface area contributed by atoms with Crippen molar-refractivity contribution in [3.8, 4) is 5.75 Å². The van der Waals surface area contributed by atoms with E-state index in [1.165, 1.54) is 0 Å². The van der Waals surface area contributed by atoms with Gasteiger partial charge in [0.05, 0.1) is 25.7 Å². The Labute approximate surface area is 184 Å². The molecule has 4 rings (SSSR count). The predicted octanol–water partition coefficient (Wildman–Crippen LogP) is 5.21. The van der Waals surface area contributed by atoms with Crippen LogP contribution in [0.4, 0.5) is 0 Å². The Balaban J connectivity index is 1.45. The molecule has 1 aliphatic rings. The minimum absolute atomic E-state index is 0.00182. The lowest BCUT2D eigenvalue weighted by Crippen LogP contribution is -2.38. The van der Waals surface area contributed by atoms with Crippen molar-refractivity contribution < 1.29 is 14.3 Å². The van der Waals surface area contributed by atoms with Crippen LogP contribution in [0, 0.1) is 0 Å². The van der Waals surface area contributed by atoms with E-state index < -0.39 is 0 Å². The summed E-state index contributed by atoms with van der Waals surface area (Å²) in [5, 5.41) is 0. The molecular weight excluding hydrogens is 386 g/mol. The number of hydrogen-bond acceptors (Lipinski definition) is 3. The number of nitrogens with zero attached hydrogens (tertiary/aromatic N) is 1. The van der Waals surface area contributed by atoms with Gasteiger partial charge < -0.3 is 14.4 Å². The van der Waals surface area contributed by atoms with E-state index in [2.05, 4.69) is 31.2 Å². The standard InChI is InChI=1S/C27H29NO3/c1-20(28-17-16-25(27(28)29)23-14-9-15-24(18-23)30-2)19-31-26(21-10-5-3-6-11-21)22-12-7-4-8-13-22/h3-15,18,20,25-26H,16-17,19H2,1-2H3. The van der Waals surface area contributed by atoms with Crippen molar-refractivity contribution >= 4 is 5.91 Å². The Morgan fingerprint density at radius 3 is 2.19 bits per heavy atom. The molecule has 0 N–H and O–H groups in total. The summed E-state index contributed by atoms with van der Waals surface area (Å²) >= 11 is 0. The molecule has 2 atom stereocenters. The van der Waals surface area contributed by atoms with Crippen LogP contribution in [0.2, 0.25) is 0 Å². The maximum absolute atomic E-state index is 13.2. The van der Waals surface area contributed by atoms with Crippen LogP contribution in [-0.4, -0.2) is 37.1 Å². The quantitative estimate of drug-likeness (QED) is 0.507. The van der Waals surface area contributed by atoms with Crippen LogP contribution >= 0.6 is 0 Å². The van der Waals surface area contributed by atoms with Crippen LogP contribution in [-0.2, 0) is 9.53 Å². The van der Waals surface area contributed by atoms with Crippen LogP contribution in [0.15, 0.2) is 84.9 Å². The highest BCUT2D eigenvalue weighted by Crippen LogP contribution is 2.32. The van der Waals surface area contributed by atoms with Gasteiger partial charge in [-0.05, 0) is 42.2 Å². The molecular formula is C27H29NO3. The van der Waals surface area contributed by atoms with Gasteiger partial charge in [0.15, 0.2) is 0 Å². The fraction of sp³-hybridized carbons (Fsp3) is 0.296. The average Bonchev–Trinajstić information content (AvgIpc) is 3.22. The molecule has 31 heavy (non-hydrogen) atoms. The van der Waals surface area contributed by atoms with Crippen molar-refractivity contribution in [1.82, 2.24) is 4.90 Å². The van der Waals surface area contributed by atoms with Gasteiger partial charge in [0, 0.05) is 6.54 Å². The molecule has 1 aliphatic heterocycles. The Morgan fingerprint density at radius 1 is 0.935 bits per heavy atom. The van der Waals surface area contributed by atoms with Crippen molar-refractivity contribution in [3.05, 3.63) is 102 Å². The molecule has 0 radical (unpaired) electrons. The summed E-state index contributed by atoms with van der Waals surface area (Å²) < 4.78 is 11.7. The maximum atomic E-state index is 13.2. The van der Waals surface area contributed by atoms with E-state index in [0.717, 1.165) is 35.4 Å². The van der Waals surface area contributed by atoms with E-state index in [4.69, 9.17) is 9.47 Å². The first-order chi connectivity index (χ1) is 15.2. The normalized spacial score (nSPS) is 17.2. The minimum atomic E-state index is -0.156. The zero-order chi connectivity index (χ0) is 21.6. The van der Waals surface area contributed by atoms with E-state index in [1.54, 1.807) is 7.11 Å². The molecule has 3 aromatic carbocycles. The average molecular weight is 416 g/mol. The number of ether oxygens (including phenoxy) is 2. The van der Waals surface area contributed by atoms with Crippen molar-refractivity contribution in [3.63, 3.8) is 0 Å². The lowest BCUT2D eigenvalue weighted by Gasteiger charge is -2.27. The number of rotatable bonds is 8. The third-order valence-corrected chi connectivity index (χ3v) is 5.98. The first-order valence-electron chi connectivity index (χ1n) is 10.8. The second-order valence-corrected chi connectivity index (χ2v) is 8.03. The highest BCUT2D eigenvalue weighted by molar-refractivity contribution is 5.86. The number of likely N-dealkylation sites (tertiary alicyclic amines) is 1. The van der Waals surface area contributed by atoms with Crippen LogP contribution < -0.4 is 4.74 Å². The Kier molecular flexibility index (Phi) is 6.68. The topological polar surface area (TPSA) is 38.8 Å². The smallest absolute Gasteiger partial charge is 0.230 e. The summed E-state index contributed by atoms with van der Waals surface area (Å²) in [5.41, 5.74) is 3.25. The van der Waals surface area contributed by atoms with Gasteiger partial charge in [-0.2, -0.15) is 0 Å². The molecule has 0 aromatic heterocycles. The number of amides is 1. The number of carbonyl (C=O) groups is 1. The molecule has 1 heterocycles. The maximum Gasteiger partial charge on any atom is 0.230 e. The second kappa shape index (κ2) is 9.80. The number of carbonyl (C=O) groups excluding carboxylic acids is 1. The molecule has 1 saturated heterocycles. The third kappa shape index (κ3) is 4.80. The van der Waals surface area contributed by atoms with Gasteiger partial charge in [0.2, 0.25) is 5.91 Å². The first kappa shape index (κ1) is 21.1. The monoisotopic (exact) mass is 415 g/mol. The molecule has 2 unspecified atom stereocenters. The van der Waals surface area contributed by atoms with Crippen LogP contribution in [0.25, 0.3) is 0 Å². The lowest BCUT2D eigenvalue weighted by molar-refractivity contribution is -0.132. The molecule has 3 aromatic rings. The SMILES string of the molecule is COc1cccc(C2CCN(C(C)COC(c3ccccc3)c3ccccc3)C2=O)c1. The van der Waals surface area contributed by atoms with Crippen molar-refractivity contribution in [2.45, 2.75) is 31.4 Å². The third-order valence-electron chi connectivity index (χ3n) is 5.98. The summed E-state index contributed by atoms with van der Waals surface area (Å²) in [6.07, 6.45) is 0.661. The molecule has 4 heteroatoms. The minimum Gasteiger partial charge on any atom is -0.497 e.